The van der Waals surface area contributed by atoms with Gasteiger partial charge < -0.3 is 15.2 Å². The van der Waals surface area contributed by atoms with Crippen molar-refractivity contribution in [1.82, 2.24) is 25.1 Å². The van der Waals surface area contributed by atoms with Gasteiger partial charge in [0.05, 0.1) is 11.2 Å². The monoisotopic (exact) mass is 328 g/mol. The van der Waals surface area contributed by atoms with Crippen molar-refractivity contribution < 1.29 is 4.79 Å². The minimum absolute atomic E-state index is 0.0964. The van der Waals surface area contributed by atoms with Crippen LogP contribution in [0.5, 0.6) is 0 Å². The molecule has 3 rings (SSSR count). The molecule has 0 aromatic carbocycles. The molecule has 0 bridgehead atoms. The van der Waals surface area contributed by atoms with Gasteiger partial charge in [-0.25, -0.2) is 4.98 Å². The van der Waals surface area contributed by atoms with Crippen LogP contribution >= 0.6 is 11.3 Å². The van der Waals surface area contributed by atoms with E-state index < -0.39 is 0 Å². The summed E-state index contributed by atoms with van der Waals surface area (Å²) in [6.07, 6.45) is 3.82. The van der Waals surface area contributed by atoms with Crippen LogP contribution in [0.1, 0.15) is 15.4 Å². The Morgan fingerprint density at radius 1 is 1.22 bits per heavy atom. The lowest BCUT2D eigenvalue weighted by Gasteiger charge is -2.07. The first-order chi connectivity index (χ1) is 11.2. The van der Waals surface area contributed by atoms with Crippen molar-refractivity contribution in [3.05, 3.63) is 52.7 Å². The number of rotatable bonds is 6. The summed E-state index contributed by atoms with van der Waals surface area (Å²) in [5, 5.41) is 14.2. The van der Waals surface area contributed by atoms with Crippen LogP contribution in [0.3, 0.4) is 0 Å². The highest BCUT2D eigenvalue weighted by molar-refractivity contribution is 7.11. The van der Waals surface area contributed by atoms with Gasteiger partial charge in [0.15, 0.2) is 5.82 Å². The summed E-state index contributed by atoms with van der Waals surface area (Å²) < 4.78 is 1.88. The third-order valence-electron chi connectivity index (χ3n) is 3.19. The van der Waals surface area contributed by atoms with Gasteiger partial charge in [0.2, 0.25) is 0 Å². The highest BCUT2D eigenvalue weighted by Crippen LogP contribution is 2.11. The number of carbonyl (C=O) groups excluding carboxylic acids is 1. The number of carbonyl (C=O) groups is 1. The topological polar surface area (TPSA) is 84.7 Å². The molecule has 3 aromatic heterocycles. The van der Waals surface area contributed by atoms with Gasteiger partial charge in [0.1, 0.15) is 10.7 Å². The van der Waals surface area contributed by atoms with Gasteiger partial charge in [-0.2, -0.15) is 0 Å². The Hall–Kier alpha value is -2.74. The molecular weight excluding hydrogens is 312 g/mol. The minimum Gasteiger partial charge on any atom is -0.367 e. The SMILES string of the molecule is Cc1ncsc1C(=O)NCCNc1ccc(-n2cccc2)nn1. The Morgan fingerprint density at radius 3 is 2.70 bits per heavy atom. The standard InChI is InChI=1S/C15H16N6OS/c1-11-14(23-10-18-11)15(22)17-7-6-16-12-4-5-13(20-19-12)21-8-2-3-9-21/h2-5,8-10H,6-7H2,1H3,(H,16,19)(H,17,22). The van der Waals surface area contributed by atoms with Gasteiger partial charge in [0, 0.05) is 25.5 Å². The van der Waals surface area contributed by atoms with Gasteiger partial charge in [-0.15, -0.1) is 21.5 Å². The third kappa shape index (κ3) is 3.72. The van der Waals surface area contributed by atoms with Crippen molar-refractivity contribution >= 4 is 23.1 Å². The van der Waals surface area contributed by atoms with E-state index in [1.54, 1.807) is 5.51 Å². The number of hydrogen-bond acceptors (Lipinski definition) is 6. The molecule has 1 amide bonds. The number of thiazole rings is 1. The maximum Gasteiger partial charge on any atom is 0.263 e. The van der Waals surface area contributed by atoms with Crippen molar-refractivity contribution in [3.63, 3.8) is 0 Å². The van der Waals surface area contributed by atoms with E-state index in [1.165, 1.54) is 11.3 Å². The molecule has 0 aliphatic carbocycles. The normalized spacial score (nSPS) is 10.5. The molecule has 0 spiro atoms. The summed E-state index contributed by atoms with van der Waals surface area (Å²) in [4.78, 5) is 16.6. The van der Waals surface area contributed by atoms with Gasteiger partial charge in [0.25, 0.3) is 5.91 Å². The first-order valence-corrected chi connectivity index (χ1v) is 8.01. The van der Waals surface area contributed by atoms with E-state index >= 15 is 0 Å². The third-order valence-corrected chi connectivity index (χ3v) is 4.12. The maximum absolute atomic E-state index is 11.9. The molecule has 8 heteroatoms. The molecule has 23 heavy (non-hydrogen) atoms. The number of hydrogen-bond donors (Lipinski definition) is 2. The van der Waals surface area contributed by atoms with E-state index in [0.29, 0.717) is 23.8 Å². The van der Waals surface area contributed by atoms with Crippen LogP contribution in [0.2, 0.25) is 0 Å². The highest BCUT2D eigenvalue weighted by Gasteiger charge is 2.10. The zero-order valence-corrected chi connectivity index (χ0v) is 13.4. The van der Waals surface area contributed by atoms with Crippen LogP contribution in [0.25, 0.3) is 5.82 Å². The number of amides is 1. The molecule has 2 N–H and O–H groups in total. The number of nitrogens with one attached hydrogen (secondary N) is 2. The van der Waals surface area contributed by atoms with Crippen LogP contribution in [0.4, 0.5) is 5.82 Å². The lowest BCUT2D eigenvalue weighted by Crippen LogP contribution is -2.28. The predicted molar refractivity (Wildman–Crippen MR) is 89.0 cm³/mol. The zero-order valence-electron chi connectivity index (χ0n) is 12.6. The van der Waals surface area contributed by atoms with Gasteiger partial charge in [-0.1, -0.05) is 0 Å². The van der Waals surface area contributed by atoms with Gasteiger partial charge >= 0.3 is 0 Å². The Morgan fingerprint density at radius 2 is 2.04 bits per heavy atom. The van der Waals surface area contributed by atoms with E-state index in [9.17, 15) is 4.79 Å². The quantitative estimate of drug-likeness (QED) is 0.675. The summed E-state index contributed by atoms with van der Waals surface area (Å²) >= 11 is 1.34. The molecule has 0 fully saturated rings. The minimum atomic E-state index is -0.0964. The number of anilines is 1. The van der Waals surface area contributed by atoms with Crippen LogP contribution in [0, 0.1) is 6.92 Å². The summed E-state index contributed by atoms with van der Waals surface area (Å²) in [5.41, 5.74) is 2.43. The molecule has 0 atom stereocenters. The molecule has 0 radical (unpaired) electrons. The molecule has 0 saturated carbocycles. The average Bonchev–Trinajstić information content (AvgIpc) is 3.23. The fourth-order valence-corrected chi connectivity index (χ4v) is 2.73. The molecule has 0 aliphatic rings. The van der Waals surface area contributed by atoms with Crippen LogP contribution in [-0.4, -0.2) is 38.7 Å². The molecular formula is C15H16N6OS. The first kappa shape index (κ1) is 15.2. The fourth-order valence-electron chi connectivity index (χ4n) is 2.01. The zero-order chi connectivity index (χ0) is 16.1. The van der Waals surface area contributed by atoms with Crippen molar-refractivity contribution in [2.75, 3.05) is 18.4 Å². The first-order valence-electron chi connectivity index (χ1n) is 7.13. The van der Waals surface area contributed by atoms with Crippen LogP contribution in [-0.2, 0) is 0 Å². The van der Waals surface area contributed by atoms with Gasteiger partial charge in [-0.3, -0.25) is 4.79 Å². The average molecular weight is 328 g/mol. The van der Waals surface area contributed by atoms with E-state index in [0.717, 1.165) is 11.5 Å². The lowest BCUT2D eigenvalue weighted by atomic mass is 10.4. The second kappa shape index (κ2) is 7.01. The van der Waals surface area contributed by atoms with Crippen molar-refractivity contribution in [3.8, 4) is 5.82 Å². The van der Waals surface area contributed by atoms with E-state index in [1.807, 2.05) is 48.1 Å². The van der Waals surface area contributed by atoms with Crippen LogP contribution in [0.15, 0.2) is 42.2 Å². The molecule has 3 heterocycles. The Kier molecular flexibility index (Phi) is 4.62. The van der Waals surface area contributed by atoms with E-state index in [-0.39, 0.29) is 5.91 Å². The van der Waals surface area contributed by atoms with Crippen LogP contribution < -0.4 is 10.6 Å². The summed E-state index contributed by atoms with van der Waals surface area (Å²) in [6, 6.07) is 7.61. The second-order valence-corrected chi connectivity index (χ2v) is 5.67. The second-order valence-electron chi connectivity index (χ2n) is 4.82. The van der Waals surface area contributed by atoms with Crippen molar-refractivity contribution in [1.29, 1.82) is 0 Å². The van der Waals surface area contributed by atoms with E-state index in [2.05, 4.69) is 25.8 Å². The van der Waals surface area contributed by atoms with Gasteiger partial charge in [-0.05, 0) is 31.2 Å². The fraction of sp³-hybridized carbons (Fsp3) is 0.200. The predicted octanol–water partition coefficient (Wildman–Crippen LogP) is 1.87. The summed E-state index contributed by atoms with van der Waals surface area (Å²) in [5.74, 6) is 1.33. The summed E-state index contributed by atoms with van der Waals surface area (Å²) in [7, 11) is 0. The number of aromatic nitrogens is 4. The smallest absolute Gasteiger partial charge is 0.263 e. The molecule has 0 saturated heterocycles. The molecule has 0 unspecified atom stereocenters. The lowest BCUT2D eigenvalue weighted by molar-refractivity contribution is 0.0958. The number of nitrogens with zero attached hydrogens (tertiary/aromatic N) is 4. The van der Waals surface area contributed by atoms with Crippen molar-refractivity contribution in [2.45, 2.75) is 6.92 Å². The molecule has 118 valence electrons. The number of aryl methyl sites for hydroxylation is 1. The Bertz CT molecular complexity index is 766. The summed E-state index contributed by atoms with van der Waals surface area (Å²) in [6.45, 7) is 2.89. The highest BCUT2D eigenvalue weighted by atomic mass is 32.1. The van der Waals surface area contributed by atoms with Crippen molar-refractivity contribution in [2.24, 2.45) is 0 Å². The maximum atomic E-state index is 11.9. The molecule has 3 aromatic rings. The Labute approximate surface area is 137 Å². The Balaban J connectivity index is 1.46. The van der Waals surface area contributed by atoms with E-state index in [4.69, 9.17) is 0 Å². The largest absolute Gasteiger partial charge is 0.367 e. The molecule has 7 nitrogen and oxygen atoms in total. The molecule has 0 aliphatic heterocycles.